The van der Waals surface area contributed by atoms with Crippen molar-refractivity contribution in [1.29, 1.82) is 0 Å². The van der Waals surface area contributed by atoms with Gasteiger partial charge < -0.3 is 49.6 Å². The number of carboxylic acid groups (broad SMARTS) is 2. The van der Waals surface area contributed by atoms with Gasteiger partial charge in [-0.3, -0.25) is 4.79 Å². The first-order chi connectivity index (χ1) is 18.0. The second-order valence-corrected chi connectivity index (χ2v) is 8.61. The molecule has 0 aromatic heterocycles. The number of esters is 1. The molecule has 13 heteroatoms. The molecular formula is C25H28O13. The first-order valence-corrected chi connectivity index (χ1v) is 11.4. The Balaban J connectivity index is 1.67. The lowest BCUT2D eigenvalue weighted by molar-refractivity contribution is -0.339. The Hall–Kier alpha value is -3.75. The van der Waals surface area contributed by atoms with Crippen LogP contribution < -0.4 is 0 Å². The van der Waals surface area contributed by atoms with E-state index in [0.29, 0.717) is 5.56 Å². The molecule has 1 aromatic rings. The third-order valence-corrected chi connectivity index (χ3v) is 6.05. The number of phenols is 1. The van der Waals surface area contributed by atoms with Gasteiger partial charge in [0.25, 0.3) is 0 Å². The van der Waals surface area contributed by atoms with Crippen LogP contribution in [0.4, 0.5) is 0 Å². The monoisotopic (exact) mass is 536 g/mol. The molecule has 13 nitrogen and oxygen atoms in total. The molecule has 1 fully saturated rings. The Morgan fingerprint density at radius 1 is 1.00 bits per heavy atom. The first kappa shape index (κ1) is 28.8. The minimum absolute atomic E-state index is 0.0551. The second-order valence-electron chi connectivity index (χ2n) is 8.61. The third-order valence-electron chi connectivity index (χ3n) is 6.05. The van der Waals surface area contributed by atoms with Crippen LogP contribution in [0.2, 0.25) is 0 Å². The standard InChI is InChI=1S/C25H28O13/c1-2-14-15(9-18(27)28)16(23(33)34)10-36-24(14)38-25-22(32)21(31)20(30)17(37-25)11-35-19(29)8-5-12-3-6-13(26)7-4-12/h2-8,10,14-15,17,20-22,24-26,30-32H,1,9,11H2,(H,27,28)(H,33,34)/b8-5+/t14-,15+,17-,20-,21+,22-,24+,25+/m1/s1. The van der Waals surface area contributed by atoms with E-state index in [0.717, 1.165) is 12.3 Å². The molecule has 2 aliphatic heterocycles. The van der Waals surface area contributed by atoms with Crippen molar-refractivity contribution in [2.45, 2.75) is 43.4 Å². The topological polar surface area (TPSA) is 210 Å². The summed E-state index contributed by atoms with van der Waals surface area (Å²) in [6.07, 6.45) is -5.55. The van der Waals surface area contributed by atoms with Gasteiger partial charge in [-0.05, 0) is 23.8 Å². The predicted octanol–water partition coefficient (Wildman–Crippen LogP) is -0.00930. The van der Waals surface area contributed by atoms with Crippen molar-refractivity contribution in [2.75, 3.05) is 6.61 Å². The Kier molecular flexibility index (Phi) is 9.61. The number of carbonyl (C=O) groups excluding carboxylic acids is 1. The third kappa shape index (κ3) is 6.96. The van der Waals surface area contributed by atoms with E-state index < -0.39 is 79.8 Å². The average molecular weight is 536 g/mol. The maximum atomic E-state index is 12.1. The van der Waals surface area contributed by atoms with Gasteiger partial charge in [-0.2, -0.15) is 0 Å². The van der Waals surface area contributed by atoms with E-state index in [1.807, 2.05) is 0 Å². The average Bonchev–Trinajstić information content (AvgIpc) is 2.87. The zero-order chi connectivity index (χ0) is 28.0. The van der Waals surface area contributed by atoms with E-state index in [9.17, 15) is 45.0 Å². The van der Waals surface area contributed by atoms with Crippen molar-refractivity contribution in [2.24, 2.45) is 11.8 Å². The Labute approximate surface area is 216 Å². The molecule has 3 rings (SSSR count). The Bertz CT molecular complexity index is 1080. The maximum Gasteiger partial charge on any atom is 0.335 e. The van der Waals surface area contributed by atoms with Gasteiger partial charge in [-0.15, -0.1) is 6.58 Å². The van der Waals surface area contributed by atoms with Gasteiger partial charge >= 0.3 is 17.9 Å². The zero-order valence-corrected chi connectivity index (χ0v) is 19.9. The molecule has 0 bridgehead atoms. The number of hydrogen-bond acceptors (Lipinski definition) is 11. The summed E-state index contributed by atoms with van der Waals surface area (Å²) in [5.74, 6) is -5.51. The fourth-order valence-electron chi connectivity index (χ4n) is 4.02. The first-order valence-electron chi connectivity index (χ1n) is 11.4. The van der Waals surface area contributed by atoms with Crippen molar-refractivity contribution in [3.8, 4) is 5.75 Å². The van der Waals surface area contributed by atoms with E-state index in [2.05, 4.69) is 6.58 Å². The van der Waals surface area contributed by atoms with Gasteiger partial charge in [-0.1, -0.05) is 18.2 Å². The van der Waals surface area contributed by atoms with Crippen LogP contribution in [-0.4, -0.2) is 92.1 Å². The van der Waals surface area contributed by atoms with Crippen LogP contribution in [0.3, 0.4) is 0 Å². The number of ether oxygens (including phenoxy) is 4. The van der Waals surface area contributed by atoms with E-state index in [1.165, 1.54) is 24.3 Å². The number of phenolic OH excluding ortho intramolecular Hbond substituents is 1. The van der Waals surface area contributed by atoms with Crippen LogP contribution in [0.15, 0.2) is 54.8 Å². The molecule has 8 atom stereocenters. The summed E-state index contributed by atoms with van der Waals surface area (Å²) in [7, 11) is 0. The van der Waals surface area contributed by atoms with Gasteiger partial charge in [0, 0.05) is 17.9 Å². The van der Waals surface area contributed by atoms with E-state index in [4.69, 9.17) is 18.9 Å². The number of aliphatic hydroxyl groups is 3. The largest absolute Gasteiger partial charge is 0.508 e. The highest BCUT2D eigenvalue weighted by atomic mass is 16.8. The summed E-state index contributed by atoms with van der Waals surface area (Å²) in [6, 6.07) is 5.98. The molecule has 38 heavy (non-hydrogen) atoms. The lowest BCUT2D eigenvalue weighted by Gasteiger charge is -2.43. The molecule has 206 valence electrons. The molecule has 1 saturated heterocycles. The molecule has 2 heterocycles. The molecule has 0 spiro atoms. The van der Waals surface area contributed by atoms with Crippen molar-refractivity contribution in [3.63, 3.8) is 0 Å². The summed E-state index contributed by atoms with van der Waals surface area (Å²) in [5.41, 5.74) is 0.286. The zero-order valence-electron chi connectivity index (χ0n) is 19.9. The van der Waals surface area contributed by atoms with Crippen LogP contribution in [-0.2, 0) is 33.3 Å². The lowest BCUT2D eigenvalue weighted by atomic mass is 9.81. The van der Waals surface area contributed by atoms with Gasteiger partial charge in [0.2, 0.25) is 6.29 Å². The molecular weight excluding hydrogens is 508 g/mol. The van der Waals surface area contributed by atoms with Crippen molar-refractivity contribution in [1.82, 2.24) is 0 Å². The minimum Gasteiger partial charge on any atom is -0.508 e. The second kappa shape index (κ2) is 12.7. The quantitative estimate of drug-likeness (QED) is 0.132. The highest BCUT2D eigenvalue weighted by molar-refractivity contribution is 5.88. The van der Waals surface area contributed by atoms with E-state index in [-0.39, 0.29) is 11.3 Å². The van der Waals surface area contributed by atoms with Gasteiger partial charge in [0.1, 0.15) is 36.8 Å². The fourth-order valence-corrected chi connectivity index (χ4v) is 4.02. The highest BCUT2D eigenvalue weighted by Gasteiger charge is 2.48. The van der Waals surface area contributed by atoms with Crippen molar-refractivity contribution in [3.05, 3.63) is 60.4 Å². The molecule has 0 amide bonds. The summed E-state index contributed by atoms with van der Waals surface area (Å²) >= 11 is 0. The molecule has 0 aliphatic carbocycles. The molecule has 6 N–H and O–H groups in total. The van der Waals surface area contributed by atoms with E-state index >= 15 is 0 Å². The Morgan fingerprint density at radius 2 is 1.68 bits per heavy atom. The number of carboxylic acids is 2. The van der Waals surface area contributed by atoms with Crippen LogP contribution in [0, 0.1) is 11.8 Å². The number of aliphatic hydroxyl groups excluding tert-OH is 3. The number of aromatic hydroxyl groups is 1. The molecule has 1 aromatic carbocycles. The van der Waals surface area contributed by atoms with Crippen LogP contribution in [0.25, 0.3) is 6.08 Å². The number of benzene rings is 1. The van der Waals surface area contributed by atoms with Crippen LogP contribution in [0.1, 0.15) is 12.0 Å². The summed E-state index contributed by atoms with van der Waals surface area (Å²) in [5, 5.41) is 58.9. The summed E-state index contributed by atoms with van der Waals surface area (Å²) in [6.45, 7) is 3.05. The minimum atomic E-state index is -1.79. The normalized spacial score (nSPS) is 31.2. The smallest absolute Gasteiger partial charge is 0.335 e. The number of aliphatic carboxylic acids is 2. The predicted molar refractivity (Wildman–Crippen MR) is 126 cm³/mol. The number of hydrogen-bond donors (Lipinski definition) is 6. The number of rotatable bonds is 10. The molecule has 0 saturated carbocycles. The van der Waals surface area contributed by atoms with Crippen LogP contribution in [0.5, 0.6) is 5.75 Å². The maximum absolute atomic E-state index is 12.1. The lowest BCUT2D eigenvalue weighted by Crippen LogP contribution is -2.60. The molecule has 0 radical (unpaired) electrons. The SMILES string of the molecule is C=C[C@H]1[C@H](O[C@@H]2O[C@H](COC(=O)/C=C/c3ccc(O)cc3)[C@@H](O)[C@H](O)[C@H]2O)OC=C(C(=O)O)[C@H]1CC(=O)O. The summed E-state index contributed by atoms with van der Waals surface area (Å²) < 4.78 is 21.5. The van der Waals surface area contributed by atoms with Crippen molar-refractivity contribution >= 4 is 24.0 Å². The Morgan fingerprint density at radius 3 is 2.29 bits per heavy atom. The molecule has 0 unspecified atom stereocenters. The van der Waals surface area contributed by atoms with Gasteiger partial charge in [0.15, 0.2) is 6.29 Å². The fraction of sp³-hybridized carbons (Fsp3) is 0.400. The number of carbonyl (C=O) groups is 3. The highest BCUT2D eigenvalue weighted by Crippen LogP contribution is 2.36. The summed E-state index contributed by atoms with van der Waals surface area (Å²) in [4.78, 5) is 35.0. The van der Waals surface area contributed by atoms with E-state index in [1.54, 1.807) is 12.1 Å². The van der Waals surface area contributed by atoms with Crippen molar-refractivity contribution < 1.29 is 64.0 Å². The van der Waals surface area contributed by atoms with Gasteiger partial charge in [-0.25, -0.2) is 9.59 Å². The van der Waals surface area contributed by atoms with Gasteiger partial charge in [0.05, 0.1) is 18.3 Å². The van der Waals surface area contributed by atoms with Crippen LogP contribution >= 0.6 is 0 Å². The molecule has 2 aliphatic rings.